The van der Waals surface area contributed by atoms with Crippen LogP contribution >= 0.6 is 23.1 Å². The van der Waals surface area contributed by atoms with Gasteiger partial charge in [0.05, 0.1) is 15.9 Å². The molecule has 2 heterocycles. The zero-order chi connectivity index (χ0) is 20.9. The Balaban J connectivity index is 1.12. The van der Waals surface area contributed by atoms with Crippen molar-refractivity contribution >= 4 is 49.3 Å². The quantitative estimate of drug-likeness (QED) is 0.373. The summed E-state index contributed by atoms with van der Waals surface area (Å²) in [6.45, 7) is 0.867. The highest BCUT2D eigenvalue weighted by molar-refractivity contribution is 8.14. The van der Waals surface area contributed by atoms with Crippen LogP contribution in [0.5, 0.6) is 0 Å². The third kappa shape index (κ3) is 5.27. The van der Waals surface area contributed by atoms with Gasteiger partial charge in [0, 0.05) is 18.3 Å². The Bertz CT molecular complexity index is 1140. The first kappa shape index (κ1) is 20.1. The zero-order valence-electron chi connectivity index (χ0n) is 17.1. The number of thiazole rings is 1. The van der Waals surface area contributed by atoms with Crippen LogP contribution in [-0.2, 0) is 12.8 Å². The third-order valence-electron chi connectivity index (χ3n) is 5.22. The van der Waals surface area contributed by atoms with Crippen LogP contribution in [0, 0.1) is 0 Å². The van der Waals surface area contributed by atoms with Crippen molar-refractivity contribution in [3.63, 3.8) is 0 Å². The molecule has 0 aliphatic carbocycles. The summed E-state index contributed by atoms with van der Waals surface area (Å²) in [6.07, 6.45) is 1.99. The van der Waals surface area contributed by atoms with E-state index in [9.17, 15) is 0 Å². The van der Waals surface area contributed by atoms with Crippen molar-refractivity contribution in [3.8, 4) is 0 Å². The van der Waals surface area contributed by atoms with Crippen LogP contribution in [-0.4, -0.2) is 28.5 Å². The van der Waals surface area contributed by atoms with Crippen LogP contribution in [0.4, 0.5) is 10.8 Å². The lowest BCUT2D eigenvalue weighted by Gasteiger charge is -2.09. The van der Waals surface area contributed by atoms with E-state index in [1.54, 1.807) is 23.1 Å². The Labute approximate surface area is 190 Å². The first-order chi connectivity index (χ1) is 15.3. The minimum Gasteiger partial charge on any atom is -0.361 e. The Morgan fingerprint density at radius 1 is 0.935 bits per heavy atom. The fraction of sp³-hybridized carbons (Fsp3) is 0.200. The van der Waals surface area contributed by atoms with Gasteiger partial charge in [0.2, 0.25) is 0 Å². The molecule has 1 saturated heterocycles. The highest BCUT2D eigenvalue weighted by Crippen LogP contribution is 2.25. The molecule has 0 saturated carbocycles. The molecule has 1 fully saturated rings. The summed E-state index contributed by atoms with van der Waals surface area (Å²) in [5.74, 6) is 1.06. The van der Waals surface area contributed by atoms with Gasteiger partial charge in [-0.25, -0.2) is 9.98 Å². The fourth-order valence-electron chi connectivity index (χ4n) is 3.63. The summed E-state index contributed by atoms with van der Waals surface area (Å²) in [5, 5.41) is 9.01. The van der Waals surface area contributed by atoms with E-state index in [0.29, 0.717) is 6.04 Å². The van der Waals surface area contributed by atoms with Crippen molar-refractivity contribution in [1.29, 1.82) is 0 Å². The third-order valence-corrected chi connectivity index (χ3v) is 7.27. The predicted octanol–water partition coefficient (Wildman–Crippen LogP) is 5.89. The second-order valence-electron chi connectivity index (χ2n) is 7.59. The van der Waals surface area contributed by atoms with Crippen LogP contribution in [0.15, 0.2) is 83.9 Å². The maximum atomic E-state index is 4.79. The lowest BCUT2D eigenvalue weighted by molar-refractivity contribution is 0.688. The van der Waals surface area contributed by atoms with Crippen LogP contribution in [0.2, 0.25) is 0 Å². The highest BCUT2D eigenvalue weighted by Gasteiger charge is 2.20. The van der Waals surface area contributed by atoms with Crippen molar-refractivity contribution in [1.82, 2.24) is 10.3 Å². The van der Waals surface area contributed by atoms with E-state index >= 15 is 0 Å². The number of hydrogen-bond acceptors (Lipinski definition) is 5. The molecule has 0 amide bonds. The maximum absolute atomic E-state index is 4.79. The largest absolute Gasteiger partial charge is 0.361 e. The molecule has 156 valence electrons. The molecular formula is C25H24N4S2. The van der Waals surface area contributed by atoms with Gasteiger partial charge in [-0.3, -0.25) is 0 Å². The van der Waals surface area contributed by atoms with E-state index in [4.69, 9.17) is 4.99 Å². The van der Waals surface area contributed by atoms with Gasteiger partial charge in [-0.2, -0.15) is 0 Å². The van der Waals surface area contributed by atoms with Gasteiger partial charge < -0.3 is 10.6 Å². The zero-order valence-corrected chi connectivity index (χ0v) is 18.8. The van der Waals surface area contributed by atoms with Crippen LogP contribution in [0.3, 0.4) is 0 Å². The Kier molecular flexibility index (Phi) is 6.18. The Morgan fingerprint density at radius 2 is 1.74 bits per heavy atom. The summed E-state index contributed by atoms with van der Waals surface area (Å²) in [4.78, 5) is 9.42. The second-order valence-corrected chi connectivity index (χ2v) is 9.63. The molecule has 0 unspecified atom stereocenters. The normalized spacial score (nSPS) is 17.2. The monoisotopic (exact) mass is 444 g/mol. The van der Waals surface area contributed by atoms with Crippen molar-refractivity contribution in [2.75, 3.05) is 17.6 Å². The Hall–Kier alpha value is -2.83. The van der Waals surface area contributed by atoms with Gasteiger partial charge in [0.25, 0.3) is 0 Å². The number of anilines is 1. The van der Waals surface area contributed by atoms with Crippen LogP contribution < -0.4 is 10.6 Å². The number of aliphatic imine (C=N–C) groups is 1. The molecule has 0 radical (unpaired) electrons. The summed E-state index contributed by atoms with van der Waals surface area (Å²) in [5.41, 5.74) is 4.72. The van der Waals surface area contributed by atoms with Gasteiger partial charge in [-0.1, -0.05) is 77.7 Å². The van der Waals surface area contributed by atoms with Crippen LogP contribution in [0.1, 0.15) is 11.1 Å². The number of hydrogen-bond donors (Lipinski definition) is 2. The van der Waals surface area contributed by atoms with E-state index in [2.05, 4.69) is 88.4 Å². The minimum absolute atomic E-state index is 0.444. The molecule has 0 bridgehead atoms. The molecule has 31 heavy (non-hydrogen) atoms. The molecule has 4 nitrogen and oxygen atoms in total. The molecule has 5 rings (SSSR count). The number of nitrogens with one attached hydrogen (secondary N) is 2. The van der Waals surface area contributed by atoms with Crippen molar-refractivity contribution in [2.24, 2.45) is 4.99 Å². The lowest BCUT2D eigenvalue weighted by atomic mass is 10.1. The maximum Gasteiger partial charge on any atom is 0.183 e. The van der Waals surface area contributed by atoms with Gasteiger partial charge in [0.1, 0.15) is 0 Å². The molecular weight excluding hydrogens is 420 g/mol. The Morgan fingerprint density at radius 3 is 2.58 bits per heavy atom. The number of aromatic nitrogens is 1. The number of amidine groups is 1. The summed E-state index contributed by atoms with van der Waals surface area (Å²) in [6, 6.07) is 27.9. The van der Waals surface area contributed by atoms with Crippen molar-refractivity contribution < 1.29 is 0 Å². The average Bonchev–Trinajstić information content (AvgIpc) is 3.42. The van der Waals surface area contributed by atoms with E-state index in [1.165, 1.54) is 15.8 Å². The number of rotatable bonds is 7. The molecule has 2 N–H and O–H groups in total. The average molecular weight is 445 g/mol. The summed E-state index contributed by atoms with van der Waals surface area (Å²) >= 11 is 3.51. The molecule has 6 heteroatoms. The standard InChI is InChI=1S/C25H24N4S2/c1-2-6-19(7-3-1)16-21-17-30-25(28-21)27-20-12-10-18(11-13-20)14-15-26-24-29-22-8-4-5-9-23(22)31-24/h1-13,21H,14-17H2,(H,26,29)(H,27,28)/t21-/m0/s1. The van der Waals surface area contributed by atoms with E-state index in [-0.39, 0.29) is 0 Å². The highest BCUT2D eigenvalue weighted by atomic mass is 32.2. The predicted molar refractivity (Wildman–Crippen MR) is 135 cm³/mol. The van der Waals surface area contributed by atoms with E-state index in [1.807, 2.05) is 6.07 Å². The minimum atomic E-state index is 0.444. The van der Waals surface area contributed by atoms with Gasteiger partial charge in [0.15, 0.2) is 10.3 Å². The van der Waals surface area contributed by atoms with Crippen molar-refractivity contribution in [3.05, 3.63) is 90.0 Å². The fourth-order valence-corrected chi connectivity index (χ4v) is 5.50. The lowest BCUT2D eigenvalue weighted by Crippen LogP contribution is -2.28. The first-order valence-corrected chi connectivity index (χ1v) is 12.3. The number of fused-ring (bicyclic) bond motifs is 1. The molecule has 0 spiro atoms. The van der Waals surface area contributed by atoms with E-state index in [0.717, 1.165) is 46.6 Å². The molecule has 1 aromatic heterocycles. The summed E-state index contributed by atoms with van der Waals surface area (Å²) in [7, 11) is 0. The number of thioether (sulfide) groups is 1. The molecule has 1 aliphatic rings. The molecule has 3 aromatic carbocycles. The van der Waals surface area contributed by atoms with Gasteiger partial charge >= 0.3 is 0 Å². The SMILES string of the molecule is c1ccc(C[C@H]2CS/C(=N\c3ccc(CCNc4nc5ccccc5s4)cc3)N2)cc1. The smallest absolute Gasteiger partial charge is 0.183 e. The van der Waals surface area contributed by atoms with Crippen LogP contribution in [0.25, 0.3) is 10.2 Å². The number of nitrogens with zero attached hydrogens (tertiary/aromatic N) is 2. The van der Waals surface area contributed by atoms with Gasteiger partial charge in [-0.05, 0) is 48.2 Å². The molecule has 1 atom stereocenters. The van der Waals surface area contributed by atoms with Crippen molar-refractivity contribution in [2.45, 2.75) is 18.9 Å². The summed E-state index contributed by atoms with van der Waals surface area (Å²) < 4.78 is 1.22. The van der Waals surface area contributed by atoms with Gasteiger partial charge in [-0.15, -0.1) is 0 Å². The topological polar surface area (TPSA) is 49.3 Å². The number of para-hydroxylation sites is 1. The second kappa shape index (κ2) is 9.54. The van der Waals surface area contributed by atoms with E-state index < -0.39 is 0 Å². The molecule has 1 aliphatic heterocycles. The first-order valence-electron chi connectivity index (χ1n) is 10.5. The number of benzene rings is 3. The molecule has 4 aromatic rings.